The molecule has 4 heteroatoms. The van der Waals surface area contributed by atoms with E-state index in [1.807, 2.05) is 32.7 Å². The van der Waals surface area contributed by atoms with Crippen molar-refractivity contribution in [2.45, 2.75) is 46.1 Å². The van der Waals surface area contributed by atoms with Crippen molar-refractivity contribution in [1.29, 1.82) is 0 Å². The number of hydrogen-bond donors (Lipinski definition) is 1. The zero-order chi connectivity index (χ0) is 13.8. The van der Waals surface area contributed by atoms with Gasteiger partial charge < -0.3 is 15.0 Å². The first kappa shape index (κ1) is 15.3. The normalized spacial score (nSPS) is 22.1. The van der Waals surface area contributed by atoms with E-state index in [0.29, 0.717) is 11.8 Å². The van der Waals surface area contributed by atoms with Gasteiger partial charge in [-0.2, -0.15) is 0 Å². The lowest BCUT2D eigenvalue weighted by Crippen LogP contribution is -2.36. The Morgan fingerprint density at radius 1 is 1.50 bits per heavy atom. The molecule has 0 aliphatic carbocycles. The molecule has 2 atom stereocenters. The van der Waals surface area contributed by atoms with E-state index in [2.05, 4.69) is 12.2 Å². The second kappa shape index (κ2) is 6.41. The van der Waals surface area contributed by atoms with E-state index < -0.39 is 5.60 Å². The van der Waals surface area contributed by atoms with E-state index in [4.69, 9.17) is 4.74 Å². The molecular formula is C14H28N2O2. The van der Waals surface area contributed by atoms with Gasteiger partial charge in [0.2, 0.25) is 0 Å². The van der Waals surface area contributed by atoms with Gasteiger partial charge in [0.25, 0.3) is 0 Å². The maximum Gasteiger partial charge on any atom is 0.410 e. The number of rotatable bonds is 4. The van der Waals surface area contributed by atoms with E-state index in [1.165, 1.54) is 0 Å². The molecule has 0 aromatic heterocycles. The summed E-state index contributed by atoms with van der Waals surface area (Å²) in [5.41, 5.74) is -0.399. The van der Waals surface area contributed by atoms with Gasteiger partial charge in [0.15, 0.2) is 0 Å². The van der Waals surface area contributed by atoms with Crippen LogP contribution in [0, 0.1) is 11.8 Å². The van der Waals surface area contributed by atoms with Crippen molar-refractivity contribution >= 4 is 6.09 Å². The number of amides is 1. The lowest BCUT2D eigenvalue weighted by Gasteiger charge is -2.25. The van der Waals surface area contributed by atoms with E-state index >= 15 is 0 Å². The SMILES string of the molecule is CCC(CNC)C1CCN(C(=O)OC(C)(C)C)C1. The zero-order valence-corrected chi connectivity index (χ0v) is 12.5. The molecule has 18 heavy (non-hydrogen) atoms. The molecule has 0 aromatic rings. The summed E-state index contributed by atoms with van der Waals surface area (Å²) in [6.07, 6.45) is 2.09. The number of ether oxygens (including phenoxy) is 1. The first-order valence-corrected chi connectivity index (χ1v) is 7.00. The summed E-state index contributed by atoms with van der Waals surface area (Å²) in [7, 11) is 1.99. The third-order valence-electron chi connectivity index (χ3n) is 3.53. The van der Waals surface area contributed by atoms with Crippen molar-refractivity contribution in [2.24, 2.45) is 11.8 Å². The van der Waals surface area contributed by atoms with E-state index in [-0.39, 0.29) is 6.09 Å². The average Bonchev–Trinajstić information content (AvgIpc) is 2.72. The fourth-order valence-electron chi connectivity index (χ4n) is 2.57. The highest BCUT2D eigenvalue weighted by molar-refractivity contribution is 5.68. The van der Waals surface area contributed by atoms with E-state index in [0.717, 1.165) is 32.5 Å². The minimum absolute atomic E-state index is 0.163. The van der Waals surface area contributed by atoms with Gasteiger partial charge in [-0.15, -0.1) is 0 Å². The van der Waals surface area contributed by atoms with Crippen LogP contribution in [0.2, 0.25) is 0 Å². The highest BCUT2D eigenvalue weighted by atomic mass is 16.6. The lowest BCUT2D eigenvalue weighted by atomic mass is 9.89. The Morgan fingerprint density at radius 3 is 2.67 bits per heavy atom. The van der Waals surface area contributed by atoms with Gasteiger partial charge in [0.05, 0.1) is 0 Å². The topological polar surface area (TPSA) is 41.6 Å². The van der Waals surface area contributed by atoms with Gasteiger partial charge >= 0.3 is 6.09 Å². The monoisotopic (exact) mass is 256 g/mol. The van der Waals surface area contributed by atoms with Gasteiger partial charge in [0, 0.05) is 13.1 Å². The Labute approximate surface area is 111 Å². The molecule has 0 radical (unpaired) electrons. The van der Waals surface area contributed by atoms with Gasteiger partial charge in [0.1, 0.15) is 5.60 Å². The van der Waals surface area contributed by atoms with Crippen LogP contribution >= 0.6 is 0 Å². The summed E-state index contributed by atoms with van der Waals surface area (Å²) in [4.78, 5) is 13.8. The van der Waals surface area contributed by atoms with Crippen molar-refractivity contribution in [3.63, 3.8) is 0 Å². The van der Waals surface area contributed by atoms with E-state index in [1.54, 1.807) is 0 Å². The maximum atomic E-state index is 12.0. The largest absolute Gasteiger partial charge is 0.444 e. The molecule has 1 aliphatic heterocycles. The summed E-state index contributed by atoms with van der Waals surface area (Å²) < 4.78 is 5.41. The third-order valence-corrected chi connectivity index (χ3v) is 3.53. The number of nitrogens with one attached hydrogen (secondary N) is 1. The standard InChI is InChI=1S/C14H28N2O2/c1-6-11(9-15-5)12-7-8-16(10-12)13(17)18-14(2,3)4/h11-12,15H,6-10H2,1-5H3. The fraction of sp³-hybridized carbons (Fsp3) is 0.929. The number of carbonyl (C=O) groups excluding carboxylic acids is 1. The predicted octanol–water partition coefficient (Wildman–Crippen LogP) is 2.49. The summed E-state index contributed by atoms with van der Waals surface area (Å²) in [6, 6.07) is 0. The molecule has 1 N–H and O–H groups in total. The zero-order valence-electron chi connectivity index (χ0n) is 12.5. The molecular weight excluding hydrogens is 228 g/mol. The van der Waals surface area contributed by atoms with Crippen molar-refractivity contribution in [2.75, 3.05) is 26.7 Å². The molecule has 1 aliphatic rings. The predicted molar refractivity (Wildman–Crippen MR) is 73.6 cm³/mol. The minimum Gasteiger partial charge on any atom is -0.444 e. The second-order valence-corrected chi connectivity index (χ2v) is 6.20. The van der Waals surface area contributed by atoms with Crippen LogP contribution in [-0.2, 0) is 4.74 Å². The van der Waals surface area contributed by atoms with Crippen LogP contribution in [0.3, 0.4) is 0 Å². The first-order valence-electron chi connectivity index (χ1n) is 7.00. The van der Waals surface area contributed by atoms with Crippen LogP contribution in [0.1, 0.15) is 40.5 Å². The van der Waals surface area contributed by atoms with Crippen LogP contribution in [0.4, 0.5) is 4.79 Å². The lowest BCUT2D eigenvalue weighted by molar-refractivity contribution is 0.0283. The minimum atomic E-state index is -0.399. The van der Waals surface area contributed by atoms with Crippen molar-refractivity contribution in [3.8, 4) is 0 Å². The van der Waals surface area contributed by atoms with Gasteiger partial charge in [-0.3, -0.25) is 0 Å². The summed E-state index contributed by atoms with van der Waals surface area (Å²) >= 11 is 0. The molecule has 106 valence electrons. The third kappa shape index (κ3) is 4.48. The van der Waals surface area contributed by atoms with E-state index in [9.17, 15) is 4.79 Å². The van der Waals surface area contributed by atoms with Crippen molar-refractivity contribution < 1.29 is 9.53 Å². The highest BCUT2D eigenvalue weighted by Gasteiger charge is 2.32. The maximum absolute atomic E-state index is 12.0. The van der Waals surface area contributed by atoms with Crippen molar-refractivity contribution in [1.82, 2.24) is 10.2 Å². The van der Waals surface area contributed by atoms with Crippen LogP contribution in [0.5, 0.6) is 0 Å². The molecule has 1 amide bonds. The molecule has 0 aromatic carbocycles. The molecule has 0 spiro atoms. The summed E-state index contributed by atoms with van der Waals surface area (Å²) in [5.74, 6) is 1.26. The second-order valence-electron chi connectivity index (χ2n) is 6.20. The molecule has 1 rings (SSSR count). The number of likely N-dealkylation sites (tertiary alicyclic amines) is 1. The van der Waals surface area contributed by atoms with Crippen molar-refractivity contribution in [3.05, 3.63) is 0 Å². The Hall–Kier alpha value is -0.770. The number of hydrogen-bond acceptors (Lipinski definition) is 3. The smallest absolute Gasteiger partial charge is 0.410 e. The van der Waals surface area contributed by atoms with Crippen LogP contribution in [-0.4, -0.2) is 43.3 Å². The molecule has 1 heterocycles. The quantitative estimate of drug-likeness (QED) is 0.840. The molecule has 1 fully saturated rings. The molecule has 1 saturated heterocycles. The molecule has 4 nitrogen and oxygen atoms in total. The van der Waals surface area contributed by atoms with Gasteiger partial charge in [-0.1, -0.05) is 13.3 Å². The summed E-state index contributed by atoms with van der Waals surface area (Å²) in [5, 5.41) is 3.24. The molecule has 0 saturated carbocycles. The van der Waals surface area contributed by atoms with Gasteiger partial charge in [-0.05, 0) is 52.6 Å². The number of carbonyl (C=O) groups is 1. The molecule has 2 unspecified atom stereocenters. The Bertz CT molecular complexity index is 273. The Morgan fingerprint density at radius 2 is 2.17 bits per heavy atom. The van der Waals surface area contributed by atoms with Gasteiger partial charge in [-0.25, -0.2) is 4.79 Å². The first-order chi connectivity index (χ1) is 8.37. The average molecular weight is 256 g/mol. The number of nitrogens with zero attached hydrogens (tertiary/aromatic N) is 1. The van der Waals surface area contributed by atoms with Crippen LogP contribution in [0.15, 0.2) is 0 Å². The Balaban J connectivity index is 2.47. The van der Waals surface area contributed by atoms with Crippen LogP contribution in [0.25, 0.3) is 0 Å². The molecule has 0 bridgehead atoms. The Kier molecular flexibility index (Phi) is 5.45. The summed E-state index contributed by atoms with van der Waals surface area (Å²) in [6.45, 7) is 10.7. The highest BCUT2D eigenvalue weighted by Crippen LogP contribution is 2.27. The fourth-order valence-corrected chi connectivity index (χ4v) is 2.57. The van der Waals surface area contributed by atoms with Crippen LogP contribution < -0.4 is 5.32 Å².